The van der Waals surface area contributed by atoms with E-state index in [0.29, 0.717) is 18.1 Å². The quantitative estimate of drug-likeness (QED) is 0.147. The second-order valence-corrected chi connectivity index (χ2v) is 21.7. The average Bonchev–Trinajstić information content (AvgIpc) is 4.41. The van der Waals surface area contributed by atoms with Crippen molar-refractivity contribution in [3.8, 4) is 5.88 Å². The van der Waals surface area contributed by atoms with Crippen LogP contribution >= 0.6 is 22.7 Å². The van der Waals surface area contributed by atoms with Crippen LogP contribution in [0, 0.1) is 0 Å². The molecule has 3 aliphatic rings. The molecule has 0 fully saturated rings. The summed E-state index contributed by atoms with van der Waals surface area (Å²) in [6.07, 6.45) is 51.3. The lowest BCUT2D eigenvalue weighted by molar-refractivity contribution is 0.308. The number of anilines is 1. The maximum atomic E-state index is 5.19. The van der Waals surface area contributed by atoms with Crippen LogP contribution in [0.5, 0.6) is 5.88 Å². The highest BCUT2D eigenvalue weighted by Crippen LogP contribution is 2.20. The van der Waals surface area contributed by atoms with E-state index in [9.17, 15) is 0 Å². The number of hydrogen-bond donors (Lipinski definition) is 1. The summed E-state index contributed by atoms with van der Waals surface area (Å²) in [6, 6.07) is 27.4. The molecule has 0 saturated carbocycles. The maximum absolute atomic E-state index is 5.19. The van der Waals surface area contributed by atoms with Crippen LogP contribution in [0.2, 0.25) is 0 Å². The number of nitrogens with one attached hydrogen (secondary N) is 1. The van der Waals surface area contributed by atoms with E-state index >= 15 is 0 Å². The summed E-state index contributed by atoms with van der Waals surface area (Å²) < 4.78 is 7.10. The van der Waals surface area contributed by atoms with Crippen molar-refractivity contribution < 1.29 is 4.74 Å². The highest BCUT2D eigenvalue weighted by atomic mass is 32.1. The Morgan fingerprint density at radius 3 is 1.52 bits per heavy atom. The molecule has 27 heteroatoms. The van der Waals surface area contributed by atoms with E-state index in [4.69, 9.17) is 4.74 Å². The molecule has 0 saturated heterocycles. The average molecular weight is 1310 g/mol. The number of fused-ring (bicyclic) bond motifs is 10. The zero-order valence-electron chi connectivity index (χ0n) is 51.5. The van der Waals surface area contributed by atoms with Gasteiger partial charge in [-0.1, -0.05) is 36.4 Å². The summed E-state index contributed by atoms with van der Waals surface area (Å²) in [6.45, 7) is 1.48. The molecule has 17 aromatic rings. The molecular formula is C69H60N24OS2. The minimum Gasteiger partial charge on any atom is -0.473 e. The summed E-state index contributed by atoms with van der Waals surface area (Å²) in [5.41, 5.74) is 15.4. The molecule has 96 heavy (non-hydrogen) atoms. The smallest absolute Gasteiger partial charge is 0.257 e. The van der Waals surface area contributed by atoms with Gasteiger partial charge in [-0.15, -0.1) is 22.7 Å². The molecule has 0 bridgehead atoms. The Kier molecular flexibility index (Phi) is 24.5. The standard InChI is InChI=1S/C9H7N.C8H10N2.C8H6N2.2C7H5N3.C7H8N2.C6H7N3O.C6H5N3.C6H4N2S.C5H3N3S/c1-2-6-9-8(4-1)5-3-7-10-9;2*1-2-4-8-7(3-1)9-5-6-10-8;1-2-8-5-7-6(1)9-3-4-10-7;1-2-6-7(9-3-1)10-5-4-8-6;1-2-6-7(3-1)9-5-4-8-6;1-2-9-6-5(7-1)8-3-4-10-6;1-3-9-4-2-8-6(9)5-7-1;1-4-9-6-5(1)7-2-3-8-6;1-2-7-5-4(6-1)8-3-9-5/h1-7H;5-6H,1-4H2;1-6H;2*1-5H;4-5H,1-3H2;1-2H,3-4H2,(H,7,8);1-5H;1-4H;1-3H. The topological polar surface area (TPSA) is 309 Å². The van der Waals surface area contributed by atoms with Crippen molar-refractivity contribution in [1.29, 1.82) is 0 Å². The first-order valence-electron chi connectivity index (χ1n) is 30.3. The first-order chi connectivity index (χ1) is 47.7. The number of thiophene rings is 1. The number of pyridine rings is 3. The molecule has 1 aliphatic heterocycles. The van der Waals surface area contributed by atoms with Crippen LogP contribution in [0.15, 0.2) is 251 Å². The number of thiazole rings is 1. The van der Waals surface area contributed by atoms with Gasteiger partial charge >= 0.3 is 0 Å². The fourth-order valence-electron chi connectivity index (χ4n) is 9.14. The lowest BCUT2D eigenvalue weighted by Gasteiger charge is -2.15. The predicted octanol–water partition coefficient (Wildman–Crippen LogP) is 12.0. The second-order valence-electron chi connectivity index (χ2n) is 20.0. The molecule has 20 rings (SSSR count). The van der Waals surface area contributed by atoms with Gasteiger partial charge in [-0.25, -0.2) is 44.9 Å². The second kappa shape index (κ2) is 36.0. The lowest BCUT2D eigenvalue weighted by atomic mass is 10.0. The minimum absolute atomic E-state index is 0.605. The largest absolute Gasteiger partial charge is 0.473 e. The molecule has 0 radical (unpaired) electrons. The molecule has 25 nitrogen and oxygen atoms in total. The van der Waals surface area contributed by atoms with Crippen LogP contribution in [0.4, 0.5) is 5.82 Å². The Balaban J connectivity index is 0.000000108. The van der Waals surface area contributed by atoms with Crippen LogP contribution < -0.4 is 10.1 Å². The molecule has 16 heterocycles. The number of aryl methyl sites for hydroxylation is 4. The van der Waals surface area contributed by atoms with Crippen molar-refractivity contribution in [3.63, 3.8) is 0 Å². The fourth-order valence-corrected chi connectivity index (χ4v) is 10.4. The van der Waals surface area contributed by atoms with E-state index in [-0.39, 0.29) is 0 Å². The minimum atomic E-state index is 0.605. The Hall–Kier alpha value is -12.4. The molecule has 15 aromatic heterocycles. The van der Waals surface area contributed by atoms with Gasteiger partial charge in [0.2, 0.25) is 0 Å². The van der Waals surface area contributed by atoms with Crippen LogP contribution in [0.3, 0.4) is 0 Å². The SMILES string of the molecule is c1cc2nccnc2cn1.c1ccc2ncccc2c1.c1ccc2nccnc2c1.c1cn2ccnc2cn1.c1cnc2c(n1)CCC2.c1cnc2c(n1)CCCC2.c1cnc2c(n1)NCCO2.c1cnc2nccnc2c1.c1cnc2sccc2n1.c1cnc2scnc2n1. The molecule has 0 atom stereocenters. The highest BCUT2D eigenvalue weighted by molar-refractivity contribution is 7.16. The highest BCUT2D eigenvalue weighted by Gasteiger charge is 2.12. The van der Waals surface area contributed by atoms with E-state index in [2.05, 4.69) is 127 Å². The van der Waals surface area contributed by atoms with Crippen LogP contribution in [-0.4, -0.2) is 127 Å². The fraction of sp³-hybridized carbons (Fsp3) is 0.130. The van der Waals surface area contributed by atoms with Crippen molar-refractivity contribution in [3.05, 3.63) is 274 Å². The summed E-state index contributed by atoms with van der Waals surface area (Å²) in [7, 11) is 0. The van der Waals surface area contributed by atoms with E-state index < -0.39 is 0 Å². The molecule has 2 aromatic carbocycles. The first kappa shape index (κ1) is 65.1. The normalized spacial score (nSPS) is 11.8. The molecule has 474 valence electrons. The van der Waals surface area contributed by atoms with Gasteiger partial charge in [0.05, 0.1) is 74.8 Å². The van der Waals surface area contributed by atoms with Crippen molar-refractivity contribution in [2.75, 3.05) is 18.5 Å². The number of ether oxygens (including phenoxy) is 1. The number of hydrogen-bond acceptors (Lipinski definition) is 26. The molecular weight excluding hydrogens is 1250 g/mol. The van der Waals surface area contributed by atoms with Crippen LogP contribution in [0.1, 0.15) is 42.0 Å². The zero-order valence-corrected chi connectivity index (χ0v) is 53.2. The zero-order chi connectivity index (χ0) is 65.3. The van der Waals surface area contributed by atoms with Gasteiger partial charge in [0.1, 0.15) is 22.5 Å². The lowest BCUT2D eigenvalue weighted by Crippen LogP contribution is -2.19. The first-order valence-corrected chi connectivity index (χ1v) is 32.0. The Bertz CT molecular complexity index is 4200. The molecule has 2 aliphatic carbocycles. The summed E-state index contributed by atoms with van der Waals surface area (Å²) in [5, 5.41) is 6.25. The molecule has 0 amide bonds. The number of nitrogens with zero attached hydrogens (tertiary/aromatic N) is 23. The van der Waals surface area contributed by atoms with Crippen molar-refractivity contribution >= 4 is 99.1 Å². The third-order valence-electron chi connectivity index (χ3n) is 13.6. The predicted molar refractivity (Wildman–Crippen MR) is 370 cm³/mol. The van der Waals surface area contributed by atoms with Crippen molar-refractivity contribution in [1.82, 2.24) is 114 Å². The van der Waals surface area contributed by atoms with E-state index in [1.807, 2.05) is 101 Å². The summed E-state index contributed by atoms with van der Waals surface area (Å²) in [4.78, 5) is 91.4. The third kappa shape index (κ3) is 19.8. The number of para-hydroxylation sites is 3. The molecule has 0 unspecified atom stereocenters. The number of rotatable bonds is 0. The van der Waals surface area contributed by atoms with Crippen LogP contribution in [-0.2, 0) is 25.7 Å². The van der Waals surface area contributed by atoms with Crippen molar-refractivity contribution in [2.45, 2.75) is 44.9 Å². The molecule has 0 spiro atoms. The van der Waals surface area contributed by atoms with Crippen molar-refractivity contribution in [2.24, 2.45) is 0 Å². The monoisotopic (exact) mass is 1300 g/mol. The van der Waals surface area contributed by atoms with Gasteiger partial charge < -0.3 is 14.5 Å². The van der Waals surface area contributed by atoms with E-state index in [0.717, 1.165) is 97.6 Å². The van der Waals surface area contributed by atoms with Crippen LogP contribution in [0.25, 0.3) is 70.6 Å². The third-order valence-corrected chi connectivity index (χ3v) is 15.1. The summed E-state index contributed by atoms with van der Waals surface area (Å²) in [5.74, 6) is 1.35. The Morgan fingerprint density at radius 1 is 0.344 bits per heavy atom. The Labute approximate surface area is 557 Å². The van der Waals surface area contributed by atoms with Gasteiger partial charge in [-0.2, -0.15) is 0 Å². The Morgan fingerprint density at radius 2 is 0.854 bits per heavy atom. The molecule has 1 N–H and O–H groups in total. The van der Waals surface area contributed by atoms with E-state index in [1.54, 1.807) is 153 Å². The number of benzene rings is 2. The number of aromatic nitrogens is 23. The van der Waals surface area contributed by atoms with Gasteiger partial charge in [-0.3, -0.25) is 64.8 Å². The van der Waals surface area contributed by atoms with E-state index in [1.165, 1.54) is 58.8 Å². The maximum Gasteiger partial charge on any atom is 0.257 e. The number of imidazole rings is 1. The summed E-state index contributed by atoms with van der Waals surface area (Å²) >= 11 is 3.12. The van der Waals surface area contributed by atoms with Gasteiger partial charge in [0, 0.05) is 148 Å². The van der Waals surface area contributed by atoms with Gasteiger partial charge in [-0.05, 0) is 98.9 Å². The van der Waals surface area contributed by atoms with Gasteiger partial charge in [0.15, 0.2) is 27.6 Å². The van der Waals surface area contributed by atoms with Gasteiger partial charge in [0.25, 0.3) is 5.88 Å².